The van der Waals surface area contributed by atoms with E-state index in [9.17, 15) is 8.42 Å². The normalized spacial score (nSPS) is 18.3. The standard InChI is InChI=1S/C15H28N4O3S/c1-13-16-17-15(19(13)11-12-22-2)23(20,21)18-14-9-7-5-3-4-6-8-10-14/h14,18H,3-12H2,1-2H3. The third kappa shape index (κ3) is 5.26. The van der Waals surface area contributed by atoms with Gasteiger partial charge in [0.05, 0.1) is 6.61 Å². The predicted octanol–water partition coefficient (Wildman–Crippen LogP) is 2.01. The van der Waals surface area contributed by atoms with Gasteiger partial charge in [0, 0.05) is 19.7 Å². The lowest BCUT2D eigenvalue weighted by Crippen LogP contribution is -2.36. The van der Waals surface area contributed by atoms with E-state index in [1.165, 1.54) is 25.7 Å². The number of nitrogens with one attached hydrogen (secondary N) is 1. The molecule has 1 aromatic heterocycles. The van der Waals surface area contributed by atoms with E-state index in [1.807, 2.05) is 0 Å². The summed E-state index contributed by atoms with van der Waals surface area (Å²) < 4.78 is 34.9. The first-order valence-corrected chi connectivity index (χ1v) is 9.94. The van der Waals surface area contributed by atoms with Crippen LogP contribution in [-0.2, 0) is 21.3 Å². The van der Waals surface area contributed by atoms with E-state index >= 15 is 0 Å². The maximum atomic E-state index is 12.7. The molecule has 23 heavy (non-hydrogen) atoms. The van der Waals surface area contributed by atoms with Crippen molar-refractivity contribution in [3.8, 4) is 0 Å². The molecular formula is C15H28N4O3S. The number of aryl methyl sites for hydroxylation is 1. The molecular weight excluding hydrogens is 316 g/mol. The van der Waals surface area contributed by atoms with E-state index in [2.05, 4.69) is 14.9 Å². The number of nitrogens with zero attached hydrogens (tertiary/aromatic N) is 3. The van der Waals surface area contributed by atoms with Gasteiger partial charge in [-0.3, -0.25) is 4.57 Å². The summed E-state index contributed by atoms with van der Waals surface area (Å²) in [6.45, 7) is 2.60. The second-order valence-corrected chi connectivity index (χ2v) is 7.80. The predicted molar refractivity (Wildman–Crippen MR) is 87.7 cm³/mol. The van der Waals surface area contributed by atoms with E-state index in [1.54, 1.807) is 18.6 Å². The average Bonchev–Trinajstić information content (AvgIpc) is 2.93. The van der Waals surface area contributed by atoms with Gasteiger partial charge in [0.1, 0.15) is 5.82 Å². The molecule has 0 spiro atoms. The fourth-order valence-electron chi connectivity index (χ4n) is 3.02. The van der Waals surface area contributed by atoms with Crippen LogP contribution in [0.3, 0.4) is 0 Å². The Morgan fingerprint density at radius 1 is 1.13 bits per heavy atom. The minimum Gasteiger partial charge on any atom is -0.383 e. The second-order valence-electron chi connectivity index (χ2n) is 6.19. The largest absolute Gasteiger partial charge is 0.383 e. The van der Waals surface area contributed by atoms with Gasteiger partial charge >= 0.3 is 0 Å². The number of aromatic nitrogens is 3. The summed E-state index contributed by atoms with van der Waals surface area (Å²) >= 11 is 0. The van der Waals surface area contributed by atoms with Crippen LogP contribution in [0.25, 0.3) is 0 Å². The topological polar surface area (TPSA) is 86.1 Å². The smallest absolute Gasteiger partial charge is 0.276 e. The molecule has 0 saturated heterocycles. The number of hydrogen-bond donors (Lipinski definition) is 1. The first-order chi connectivity index (χ1) is 11.0. The summed E-state index contributed by atoms with van der Waals surface area (Å²) in [5.74, 6) is 0.580. The van der Waals surface area contributed by atoms with Crippen LogP contribution in [0.2, 0.25) is 0 Å². The second kappa shape index (κ2) is 8.75. The molecule has 0 atom stereocenters. The molecule has 7 nitrogen and oxygen atoms in total. The maximum absolute atomic E-state index is 12.7. The van der Waals surface area contributed by atoms with Crippen LogP contribution in [0.1, 0.15) is 57.2 Å². The lowest BCUT2D eigenvalue weighted by atomic mass is 10.1. The Morgan fingerprint density at radius 3 is 2.35 bits per heavy atom. The Balaban J connectivity index is 2.11. The summed E-state index contributed by atoms with van der Waals surface area (Å²) in [4.78, 5) is 0. The Kier molecular flexibility index (Phi) is 6.98. The molecule has 0 radical (unpaired) electrons. The summed E-state index contributed by atoms with van der Waals surface area (Å²) in [6.07, 6.45) is 8.80. The highest BCUT2D eigenvalue weighted by Crippen LogP contribution is 2.19. The van der Waals surface area contributed by atoms with Crippen molar-refractivity contribution in [3.05, 3.63) is 5.82 Å². The van der Waals surface area contributed by atoms with Crippen molar-refractivity contribution in [1.29, 1.82) is 0 Å². The molecule has 8 heteroatoms. The van der Waals surface area contributed by atoms with Gasteiger partial charge in [0.25, 0.3) is 15.2 Å². The van der Waals surface area contributed by atoms with Crippen molar-refractivity contribution in [2.75, 3.05) is 13.7 Å². The van der Waals surface area contributed by atoms with Gasteiger partial charge in [0.2, 0.25) is 0 Å². The lowest BCUT2D eigenvalue weighted by molar-refractivity contribution is 0.183. The Morgan fingerprint density at radius 2 is 1.74 bits per heavy atom. The zero-order chi connectivity index (χ0) is 16.7. The SMILES string of the molecule is COCCn1c(C)nnc1S(=O)(=O)NC1CCCCCCCC1. The third-order valence-corrected chi connectivity index (χ3v) is 5.76. The number of hydrogen-bond acceptors (Lipinski definition) is 5. The van der Waals surface area contributed by atoms with Gasteiger partial charge in [-0.15, -0.1) is 10.2 Å². The van der Waals surface area contributed by atoms with Crippen LogP contribution in [0.15, 0.2) is 5.16 Å². The first-order valence-electron chi connectivity index (χ1n) is 8.45. The zero-order valence-electron chi connectivity index (χ0n) is 14.1. The minimum atomic E-state index is -3.66. The lowest BCUT2D eigenvalue weighted by Gasteiger charge is -2.18. The van der Waals surface area contributed by atoms with Crippen molar-refractivity contribution in [3.63, 3.8) is 0 Å². The van der Waals surface area contributed by atoms with Crippen molar-refractivity contribution in [2.45, 2.75) is 76.0 Å². The first kappa shape index (κ1) is 18.4. The molecule has 0 unspecified atom stereocenters. The van der Waals surface area contributed by atoms with Gasteiger partial charge in [-0.2, -0.15) is 0 Å². The van der Waals surface area contributed by atoms with Crippen LogP contribution < -0.4 is 4.72 Å². The Hall–Kier alpha value is -0.990. The quantitative estimate of drug-likeness (QED) is 0.853. The van der Waals surface area contributed by atoms with Gasteiger partial charge in [0.15, 0.2) is 0 Å². The Labute approximate surface area is 138 Å². The molecule has 2 rings (SSSR count). The van der Waals surface area contributed by atoms with Gasteiger partial charge in [-0.05, 0) is 19.8 Å². The molecule has 1 saturated carbocycles. The highest BCUT2D eigenvalue weighted by molar-refractivity contribution is 7.89. The van der Waals surface area contributed by atoms with Crippen LogP contribution >= 0.6 is 0 Å². The molecule has 1 aliphatic rings. The average molecular weight is 344 g/mol. The molecule has 1 aromatic rings. The van der Waals surface area contributed by atoms with Gasteiger partial charge in [-0.1, -0.05) is 38.5 Å². The maximum Gasteiger partial charge on any atom is 0.276 e. The Bertz CT molecular complexity index is 576. The van der Waals surface area contributed by atoms with Crippen LogP contribution in [0.5, 0.6) is 0 Å². The van der Waals surface area contributed by atoms with Crippen molar-refractivity contribution >= 4 is 10.0 Å². The number of sulfonamides is 1. The summed E-state index contributed by atoms with van der Waals surface area (Å²) in [5.41, 5.74) is 0. The zero-order valence-corrected chi connectivity index (χ0v) is 14.9. The minimum absolute atomic E-state index is 0.00748. The van der Waals surface area contributed by atoms with E-state index in [0.29, 0.717) is 19.0 Å². The van der Waals surface area contributed by atoms with Crippen LogP contribution in [0, 0.1) is 6.92 Å². The van der Waals surface area contributed by atoms with E-state index in [0.717, 1.165) is 25.7 Å². The molecule has 1 heterocycles. The van der Waals surface area contributed by atoms with Gasteiger partial charge < -0.3 is 4.74 Å². The monoisotopic (exact) mass is 344 g/mol. The van der Waals surface area contributed by atoms with Crippen molar-refractivity contribution in [1.82, 2.24) is 19.5 Å². The van der Waals surface area contributed by atoms with E-state index < -0.39 is 10.0 Å². The number of ether oxygens (including phenoxy) is 1. The fraction of sp³-hybridized carbons (Fsp3) is 0.867. The molecule has 0 bridgehead atoms. The molecule has 1 aliphatic carbocycles. The van der Waals surface area contributed by atoms with Crippen LogP contribution in [-0.4, -0.2) is 42.9 Å². The highest BCUT2D eigenvalue weighted by Gasteiger charge is 2.26. The van der Waals surface area contributed by atoms with E-state index in [4.69, 9.17) is 4.74 Å². The van der Waals surface area contributed by atoms with Crippen molar-refractivity contribution < 1.29 is 13.2 Å². The van der Waals surface area contributed by atoms with Crippen molar-refractivity contribution in [2.24, 2.45) is 0 Å². The summed E-state index contributed by atoms with van der Waals surface area (Å²) in [7, 11) is -2.07. The van der Waals surface area contributed by atoms with Gasteiger partial charge in [-0.25, -0.2) is 13.1 Å². The summed E-state index contributed by atoms with van der Waals surface area (Å²) in [5, 5.41) is 7.78. The number of methoxy groups -OCH3 is 1. The van der Waals surface area contributed by atoms with E-state index in [-0.39, 0.29) is 11.2 Å². The molecule has 1 fully saturated rings. The summed E-state index contributed by atoms with van der Waals surface area (Å²) in [6, 6.07) is -0.00835. The number of rotatable bonds is 6. The molecule has 0 aromatic carbocycles. The van der Waals surface area contributed by atoms with Crippen LogP contribution in [0.4, 0.5) is 0 Å². The molecule has 0 amide bonds. The molecule has 132 valence electrons. The molecule has 0 aliphatic heterocycles. The molecule has 1 N–H and O–H groups in total. The highest BCUT2D eigenvalue weighted by atomic mass is 32.2. The fourth-order valence-corrected chi connectivity index (χ4v) is 4.47. The third-order valence-electron chi connectivity index (χ3n) is 4.34.